The highest BCUT2D eigenvalue weighted by molar-refractivity contribution is 7.98. The van der Waals surface area contributed by atoms with E-state index < -0.39 is 0 Å². The Morgan fingerprint density at radius 1 is 1.10 bits per heavy atom. The predicted octanol–water partition coefficient (Wildman–Crippen LogP) is 6.88. The van der Waals surface area contributed by atoms with Gasteiger partial charge in [0, 0.05) is 49.0 Å². The fourth-order valence-electron chi connectivity index (χ4n) is 5.82. The standard InChI is InChI=1S/C34H45N3O4S/c1-34(2,3)41-33(24-7-6-8-24)36-15-13-28(14-16-36)37(27-9-11-29(42-5)12-10-27)22-23-17-26(21-35-20-23)25-18-30(38)32(39)31(19-25)40-4/h9-12,17-20,28,35,38-39H,6-8,13-16,21-22H2,1-5H3. The minimum atomic E-state index is -0.239. The highest BCUT2D eigenvalue weighted by Gasteiger charge is 2.31. The van der Waals surface area contributed by atoms with Crippen LogP contribution in [-0.4, -0.2) is 66.3 Å². The zero-order valence-corrected chi connectivity index (χ0v) is 26.4. The second-order valence-corrected chi connectivity index (χ2v) is 13.2. The number of methoxy groups -OCH3 is 1. The third-order valence-electron chi connectivity index (χ3n) is 8.20. The average molecular weight is 592 g/mol. The number of nitrogens with one attached hydrogen (secondary N) is 1. The summed E-state index contributed by atoms with van der Waals surface area (Å²) < 4.78 is 11.8. The van der Waals surface area contributed by atoms with Gasteiger partial charge in [-0.1, -0.05) is 6.08 Å². The van der Waals surface area contributed by atoms with Crippen molar-refractivity contribution in [2.24, 2.45) is 0 Å². The van der Waals surface area contributed by atoms with Crippen LogP contribution in [0, 0.1) is 0 Å². The molecule has 226 valence electrons. The first kappa shape index (κ1) is 30.1. The zero-order chi connectivity index (χ0) is 29.9. The van der Waals surface area contributed by atoms with E-state index in [2.05, 4.69) is 78.7 Å². The summed E-state index contributed by atoms with van der Waals surface area (Å²) >= 11 is 1.76. The third kappa shape index (κ3) is 6.97. The van der Waals surface area contributed by atoms with Crippen molar-refractivity contribution < 1.29 is 19.7 Å². The van der Waals surface area contributed by atoms with Gasteiger partial charge in [0.15, 0.2) is 17.4 Å². The number of phenols is 2. The molecule has 3 N–H and O–H groups in total. The molecule has 0 spiro atoms. The maximum absolute atomic E-state index is 10.3. The van der Waals surface area contributed by atoms with Crippen LogP contribution >= 0.6 is 11.8 Å². The highest BCUT2D eigenvalue weighted by atomic mass is 32.2. The molecule has 0 amide bonds. The molecule has 3 aliphatic rings. The lowest BCUT2D eigenvalue weighted by Crippen LogP contribution is -2.47. The van der Waals surface area contributed by atoms with E-state index in [0.717, 1.165) is 67.9 Å². The predicted molar refractivity (Wildman–Crippen MR) is 172 cm³/mol. The molecule has 2 aliphatic heterocycles. The number of allylic oxidation sites excluding steroid dienone is 1. The Morgan fingerprint density at radius 2 is 1.81 bits per heavy atom. The van der Waals surface area contributed by atoms with Crippen LogP contribution in [0.4, 0.5) is 5.69 Å². The van der Waals surface area contributed by atoms with Crippen LogP contribution in [0.2, 0.25) is 0 Å². The molecule has 2 heterocycles. The normalized spacial score (nSPS) is 17.5. The molecule has 8 heteroatoms. The molecule has 5 rings (SSSR count). The molecule has 0 unspecified atom stereocenters. The van der Waals surface area contributed by atoms with Crippen molar-refractivity contribution in [2.45, 2.75) is 69.4 Å². The van der Waals surface area contributed by atoms with Gasteiger partial charge in [-0.2, -0.15) is 0 Å². The Hall–Kier alpha value is -3.39. The smallest absolute Gasteiger partial charge is 0.200 e. The van der Waals surface area contributed by atoms with Gasteiger partial charge in [-0.05, 0) is 118 Å². The minimum absolute atomic E-state index is 0.185. The number of dihydropyridines is 1. The summed E-state index contributed by atoms with van der Waals surface area (Å²) in [6.07, 6.45) is 12.1. The maximum atomic E-state index is 10.3. The third-order valence-corrected chi connectivity index (χ3v) is 8.94. The molecule has 7 nitrogen and oxygen atoms in total. The number of ether oxygens (including phenoxy) is 2. The van der Waals surface area contributed by atoms with Crippen LogP contribution in [0.25, 0.3) is 5.57 Å². The highest BCUT2D eigenvalue weighted by Crippen LogP contribution is 2.39. The van der Waals surface area contributed by atoms with Crippen molar-refractivity contribution in [2.75, 3.05) is 44.4 Å². The molecule has 0 atom stereocenters. The van der Waals surface area contributed by atoms with E-state index in [-0.39, 0.29) is 22.8 Å². The Bertz CT molecular complexity index is 1350. The van der Waals surface area contributed by atoms with Crippen molar-refractivity contribution >= 4 is 23.0 Å². The second kappa shape index (κ2) is 12.9. The number of nitrogens with zero attached hydrogens (tertiary/aromatic N) is 2. The topological polar surface area (TPSA) is 77.4 Å². The van der Waals surface area contributed by atoms with E-state index in [0.29, 0.717) is 12.6 Å². The van der Waals surface area contributed by atoms with Crippen LogP contribution in [-0.2, 0) is 4.74 Å². The van der Waals surface area contributed by atoms with Crippen molar-refractivity contribution in [3.63, 3.8) is 0 Å². The molecule has 0 radical (unpaired) electrons. The Labute approximate surface area is 254 Å². The fourth-order valence-corrected chi connectivity index (χ4v) is 6.23. The van der Waals surface area contributed by atoms with Crippen molar-refractivity contribution in [1.82, 2.24) is 10.2 Å². The first-order valence-corrected chi connectivity index (χ1v) is 16.2. The number of phenolic OH excluding ortho intramolecular Hbond substituents is 2. The second-order valence-electron chi connectivity index (χ2n) is 12.3. The number of aromatic hydroxyl groups is 2. The summed E-state index contributed by atoms with van der Waals surface area (Å²) in [4.78, 5) is 6.28. The van der Waals surface area contributed by atoms with Gasteiger partial charge < -0.3 is 34.8 Å². The maximum Gasteiger partial charge on any atom is 0.200 e. The number of likely N-dealkylation sites (tertiary alicyclic amines) is 1. The number of hydrogen-bond acceptors (Lipinski definition) is 8. The molecule has 42 heavy (non-hydrogen) atoms. The quantitative estimate of drug-likeness (QED) is 0.166. The number of benzene rings is 2. The molecule has 1 saturated heterocycles. The average Bonchev–Trinajstić information content (AvgIpc) is 2.96. The van der Waals surface area contributed by atoms with E-state index in [1.54, 1.807) is 23.9 Å². The van der Waals surface area contributed by atoms with E-state index in [9.17, 15) is 10.2 Å². The summed E-state index contributed by atoms with van der Waals surface area (Å²) in [5, 5.41) is 23.8. The summed E-state index contributed by atoms with van der Waals surface area (Å²) in [6, 6.07) is 12.7. The Balaban J connectivity index is 1.37. The number of hydrogen-bond donors (Lipinski definition) is 3. The Kier molecular flexibility index (Phi) is 9.21. The van der Waals surface area contributed by atoms with E-state index in [4.69, 9.17) is 9.47 Å². The first-order chi connectivity index (χ1) is 20.1. The van der Waals surface area contributed by atoms with Gasteiger partial charge >= 0.3 is 0 Å². The van der Waals surface area contributed by atoms with E-state index in [1.807, 2.05) is 0 Å². The largest absolute Gasteiger partial charge is 0.504 e. The molecule has 2 fully saturated rings. The number of piperidine rings is 1. The summed E-state index contributed by atoms with van der Waals surface area (Å²) in [6.45, 7) is 9.76. The van der Waals surface area contributed by atoms with Crippen LogP contribution in [0.5, 0.6) is 17.2 Å². The molecule has 2 aromatic rings. The van der Waals surface area contributed by atoms with Crippen molar-refractivity contribution in [3.05, 3.63) is 71.3 Å². The molecule has 0 aromatic heterocycles. The summed E-state index contributed by atoms with van der Waals surface area (Å²) in [5.41, 5.74) is 5.50. The fraction of sp³-hybridized carbons (Fsp3) is 0.471. The van der Waals surface area contributed by atoms with Crippen molar-refractivity contribution in [3.8, 4) is 17.2 Å². The van der Waals surface area contributed by atoms with E-state index in [1.165, 1.54) is 29.7 Å². The van der Waals surface area contributed by atoms with Gasteiger partial charge in [0.1, 0.15) is 5.60 Å². The minimum Gasteiger partial charge on any atom is -0.504 e. The lowest BCUT2D eigenvalue weighted by molar-refractivity contribution is -0.00915. The first-order valence-electron chi connectivity index (χ1n) is 14.9. The van der Waals surface area contributed by atoms with Gasteiger partial charge in [0.2, 0.25) is 5.75 Å². The SMILES string of the molecule is COc1cc(C2=CC(CN(c3ccc(SC)cc3)C3CCN(C(OC(C)(C)C)=C4CCC4)CC3)=CNC2)cc(O)c1O. The number of anilines is 1. The van der Waals surface area contributed by atoms with Crippen LogP contribution in [0.3, 0.4) is 0 Å². The van der Waals surface area contributed by atoms with Crippen LogP contribution < -0.4 is 15.0 Å². The summed E-state index contributed by atoms with van der Waals surface area (Å²) in [7, 11) is 1.49. The van der Waals surface area contributed by atoms with Gasteiger partial charge in [-0.25, -0.2) is 0 Å². The molecule has 0 bridgehead atoms. The lowest BCUT2D eigenvalue weighted by Gasteiger charge is -2.43. The van der Waals surface area contributed by atoms with Crippen LogP contribution in [0.15, 0.2) is 70.6 Å². The molecule has 1 saturated carbocycles. The molecule has 1 aliphatic carbocycles. The van der Waals surface area contributed by atoms with Gasteiger partial charge in [0.05, 0.1) is 7.11 Å². The lowest BCUT2D eigenvalue weighted by atomic mass is 9.91. The Morgan fingerprint density at radius 3 is 2.40 bits per heavy atom. The zero-order valence-electron chi connectivity index (χ0n) is 25.6. The molecular formula is C34H45N3O4S. The molecule has 2 aromatic carbocycles. The summed E-state index contributed by atoms with van der Waals surface area (Å²) in [5.74, 6) is 0.963. The number of rotatable bonds is 9. The van der Waals surface area contributed by atoms with Gasteiger partial charge in [-0.15, -0.1) is 11.8 Å². The monoisotopic (exact) mass is 591 g/mol. The van der Waals surface area contributed by atoms with Gasteiger partial charge in [0.25, 0.3) is 0 Å². The number of thioether (sulfide) groups is 1. The molecular weight excluding hydrogens is 546 g/mol. The van der Waals surface area contributed by atoms with E-state index >= 15 is 0 Å². The van der Waals surface area contributed by atoms with Crippen LogP contribution in [0.1, 0.15) is 58.4 Å². The van der Waals surface area contributed by atoms with Gasteiger partial charge in [-0.3, -0.25) is 0 Å². The van der Waals surface area contributed by atoms with Crippen molar-refractivity contribution in [1.29, 1.82) is 0 Å².